The van der Waals surface area contributed by atoms with E-state index < -0.39 is 0 Å². The van der Waals surface area contributed by atoms with Crippen molar-refractivity contribution in [1.82, 2.24) is 4.90 Å². The molecule has 0 radical (unpaired) electrons. The van der Waals surface area contributed by atoms with Crippen molar-refractivity contribution in [3.63, 3.8) is 0 Å². The molecule has 0 unspecified atom stereocenters. The van der Waals surface area contributed by atoms with Crippen molar-refractivity contribution in [2.45, 2.75) is 52.5 Å². The highest BCUT2D eigenvalue weighted by molar-refractivity contribution is 4.83. The lowest BCUT2D eigenvalue weighted by Crippen LogP contribution is -2.38. The first-order chi connectivity index (χ1) is 6.95. The quantitative estimate of drug-likeness (QED) is 0.668. The molecule has 0 aliphatic heterocycles. The van der Waals surface area contributed by atoms with Crippen LogP contribution in [0.25, 0.3) is 0 Å². The number of hydrogen-bond acceptors (Lipinski definition) is 2. The summed E-state index contributed by atoms with van der Waals surface area (Å²) in [6, 6.07) is 0.739. The van der Waals surface area contributed by atoms with Crippen LogP contribution in [0.4, 0.5) is 0 Å². The Kier molecular flexibility index (Phi) is 4.60. The third-order valence-corrected chi connectivity index (χ3v) is 3.88. The lowest BCUT2D eigenvalue weighted by atomic mass is 9.71. The van der Waals surface area contributed by atoms with E-state index >= 15 is 0 Å². The van der Waals surface area contributed by atoms with E-state index in [-0.39, 0.29) is 0 Å². The molecule has 1 aliphatic carbocycles. The monoisotopic (exact) mass is 213 g/mol. The molecule has 0 heterocycles. The summed E-state index contributed by atoms with van der Waals surface area (Å²) in [5, 5.41) is 0. The zero-order valence-electron chi connectivity index (χ0n) is 11.0. The lowest BCUT2D eigenvalue weighted by molar-refractivity contribution is 0.0261. The molecule has 0 aromatic heterocycles. The molecule has 0 amide bonds. The van der Waals surface area contributed by atoms with Crippen molar-refractivity contribution in [2.75, 3.05) is 20.9 Å². The first-order valence-corrected chi connectivity index (χ1v) is 6.14. The van der Waals surface area contributed by atoms with Crippen LogP contribution in [0.1, 0.15) is 46.5 Å². The molecule has 1 aliphatic rings. The minimum Gasteiger partial charge on any atom is -0.369 e. The summed E-state index contributed by atoms with van der Waals surface area (Å²) in [6.07, 6.45) is 5.42. The van der Waals surface area contributed by atoms with Gasteiger partial charge in [-0.25, -0.2) is 0 Å². The molecular formula is C13H27NO. The van der Waals surface area contributed by atoms with E-state index in [0.29, 0.717) is 5.41 Å². The van der Waals surface area contributed by atoms with Crippen molar-refractivity contribution < 1.29 is 4.74 Å². The second-order valence-corrected chi connectivity index (χ2v) is 6.05. The molecule has 0 aromatic rings. The molecule has 15 heavy (non-hydrogen) atoms. The average molecular weight is 213 g/mol. The number of rotatable bonds is 3. The van der Waals surface area contributed by atoms with Crippen molar-refractivity contribution in [3.8, 4) is 0 Å². The summed E-state index contributed by atoms with van der Waals surface area (Å²) in [5.41, 5.74) is 0.491. The minimum absolute atomic E-state index is 0.491. The Morgan fingerprint density at radius 3 is 2.07 bits per heavy atom. The zero-order valence-corrected chi connectivity index (χ0v) is 11.0. The van der Waals surface area contributed by atoms with Gasteiger partial charge in [-0.2, -0.15) is 0 Å². The van der Waals surface area contributed by atoms with Crippen molar-refractivity contribution >= 4 is 0 Å². The van der Waals surface area contributed by atoms with Crippen LogP contribution >= 0.6 is 0 Å². The van der Waals surface area contributed by atoms with Gasteiger partial charge < -0.3 is 4.74 Å². The summed E-state index contributed by atoms with van der Waals surface area (Å²) in [7, 11) is 3.95. The van der Waals surface area contributed by atoms with Gasteiger partial charge in [-0.3, -0.25) is 4.90 Å². The normalized spacial score (nSPS) is 28.4. The molecule has 0 bridgehead atoms. The van der Waals surface area contributed by atoms with Gasteiger partial charge in [0, 0.05) is 13.2 Å². The van der Waals surface area contributed by atoms with Gasteiger partial charge in [-0.05, 0) is 44.1 Å². The third-order valence-electron chi connectivity index (χ3n) is 3.88. The fourth-order valence-corrected chi connectivity index (χ4v) is 2.69. The number of methoxy groups -OCH3 is 1. The van der Waals surface area contributed by atoms with E-state index in [4.69, 9.17) is 4.74 Å². The van der Waals surface area contributed by atoms with Gasteiger partial charge in [0.05, 0.1) is 6.73 Å². The van der Waals surface area contributed by atoms with Gasteiger partial charge >= 0.3 is 0 Å². The summed E-state index contributed by atoms with van der Waals surface area (Å²) in [5.74, 6) is 0.907. The van der Waals surface area contributed by atoms with Gasteiger partial charge in [-0.15, -0.1) is 0 Å². The van der Waals surface area contributed by atoms with E-state index in [9.17, 15) is 0 Å². The van der Waals surface area contributed by atoms with E-state index in [1.807, 2.05) is 0 Å². The highest BCUT2D eigenvalue weighted by Gasteiger charge is 2.30. The van der Waals surface area contributed by atoms with Gasteiger partial charge in [0.25, 0.3) is 0 Å². The van der Waals surface area contributed by atoms with Crippen LogP contribution in [-0.4, -0.2) is 31.8 Å². The fourth-order valence-electron chi connectivity index (χ4n) is 2.69. The number of ether oxygens (including phenoxy) is 1. The first-order valence-electron chi connectivity index (χ1n) is 6.14. The second kappa shape index (κ2) is 5.31. The largest absolute Gasteiger partial charge is 0.369 e. The summed E-state index contributed by atoms with van der Waals surface area (Å²) < 4.78 is 5.18. The Labute approximate surface area is 95.0 Å². The average Bonchev–Trinajstić information content (AvgIpc) is 2.17. The first kappa shape index (κ1) is 13.0. The Bertz CT molecular complexity index is 177. The summed E-state index contributed by atoms with van der Waals surface area (Å²) in [4.78, 5) is 2.35. The molecule has 90 valence electrons. The zero-order chi connectivity index (χ0) is 11.5. The Morgan fingerprint density at radius 2 is 1.67 bits per heavy atom. The molecule has 2 nitrogen and oxygen atoms in total. The van der Waals surface area contributed by atoms with Crippen LogP contribution in [0.3, 0.4) is 0 Å². The maximum Gasteiger partial charge on any atom is 0.0986 e. The van der Waals surface area contributed by atoms with Crippen molar-refractivity contribution in [1.29, 1.82) is 0 Å². The molecular weight excluding hydrogens is 186 g/mol. The van der Waals surface area contributed by atoms with Crippen molar-refractivity contribution in [3.05, 3.63) is 0 Å². The van der Waals surface area contributed by atoms with Crippen LogP contribution in [-0.2, 0) is 4.74 Å². The highest BCUT2D eigenvalue weighted by atomic mass is 16.5. The smallest absolute Gasteiger partial charge is 0.0986 e. The lowest BCUT2D eigenvalue weighted by Gasteiger charge is -2.39. The molecule has 1 fully saturated rings. The topological polar surface area (TPSA) is 12.5 Å². The van der Waals surface area contributed by atoms with Crippen LogP contribution in [0.15, 0.2) is 0 Å². The molecule has 0 spiro atoms. The molecule has 2 heteroatoms. The number of nitrogens with zero attached hydrogens (tertiary/aromatic N) is 1. The van der Waals surface area contributed by atoms with Crippen LogP contribution < -0.4 is 0 Å². The fraction of sp³-hybridized carbons (Fsp3) is 1.00. The van der Waals surface area contributed by atoms with Gasteiger partial charge in [0.1, 0.15) is 0 Å². The second-order valence-electron chi connectivity index (χ2n) is 6.05. The van der Waals surface area contributed by atoms with Gasteiger partial charge in [0.2, 0.25) is 0 Å². The summed E-state index contributed by atoms with van der Waals surface area (Å²) >= 11 is 0. The van der Waals surface area contributed by atoms with Crippen LogP contribution in [0.5, 0.6) is 0 Å². The van der Waals surface area contributed by atoms with E-state index in [1.165, 1.54) is 25.7 Å². The maximum absolute atomic E-state index is 5.18. The third kappa shape index (κ3) is 3.76. The van der Waals surface area contributed by atoms with Crippen LogP contribution in [0, 0.1) is 11.3 Å². The molecule has 0 N–H and O–H groups in total. The number of hydrogen-bond donors (Lipinski definition) is 0. The van der Waals surface area contributed by atoms with Crippen molar-refractivity contribution in [2.24, 2.45) is 11.3 Å². The molecule has 0 saturated heterocycles. The molecule has 0 atom stereocenters. The molecule has 0 aromatic carbocycles. The Morgan fingerprint density at radius 1 is 1.13 bits per heavy atom. The Hall–Kier alpha value is -0.0800. The molecule has 1 rings (SSSR count). The van der Waals surface area contributed by atoms with Gasteiger partial charge in [-0.1, -0.05) is 20.8 Å². The Balaban J connectivity index is 2.36. The minimum atomic E-state index is 0.491. The van der Waals surface area contributed by atoms with Crippen LogP contribution in [0.2, 0.25) is 0 Å². The predicted molar refractivity (Wildman–Crippen MR) is 64.8 cm³/mol. The van der Waals surface area contributed by atoms with E-state index in [2.05, 4.69) is 32.7 Å². The SMILES string of the molecule is COCN(C)[C@H]1CC[C@@H](C(C)(C)C)CC1. The molecule has 1 saturated carbocycles. The summed E-state index contributed by atoms with van der Waals surface area (Å²) in [6.45, 7) is 7.88. The van der Waals surface area contributed by atoms with Gasteiger partial charge in [0.15, 0.2) is 0 Å². The highest BCUT2D eigenvalue weighted by Crippen LogP contribution is 2.38. The van der Waals surface area contributed by atoms with E-state index in [0.717, 1.165) is 18.7 Å². The standard InChI is InChI=1S/C13H27NO/c1-13(2,3)11-6-8-12(9-7-11)14(4)10-15-5/h11-12H,6-10H2,1-5H3/t11-,12+. The predicted octanol–water partition coefficient (Wildman–Crippen LogP) is 3.13. The van der Waals surface area contributed by atoms with E-state index in [1.54, 1.807) is 7.11 Å². The maximum atomic E-state index is 5.18.